The monoisotopic (exact) mass is 151 g/mol. The van der Waals surface area contributed by atoms with Gasteiger partial charge in [0.1, 0.15) is 0 Å². The molecule has 1 rings (SSSR count). The van der Waals surface area contributed by atoms with Crippen LogP contribution in [0.15, 0.2) is 18.2 Å². The van der Waals surface area contributed by atoms with Gasteiger partial charge in [-0.15, -0.1) is 0 Å². The van der Waals surface area contributed by atoms with Gasteiger partial charge in [-0.05, 0) is 30.5 Å². The van der Waals surface area contributed by atoms with Crippen molar-refractivity contribution < 1.29 is 5.21 Å². The summed E-state index contributed by atoms with van der Waals surface area (Å²) in [6.07, 6.45) is 0. The highest BCUT2D eigenvalue weighted by Gasteiger charge is 1.97. The van der Waals surface area contributed by atoms with Crippen LogP contribution in [-0.4, -0.2) is 5.21 Å². The van der Waals surface area contributed by atoms with Gasteiger partial charge in [-0.2, -0.15) is 0 Å². The van der Waals surface area contributed by atoms with Crippen molar-refractivity contribution in [3.8, 4) is 0 Å². The van der Waals surface area contributed by atoms with E-state index >= 15 is 0 Å². The second-order valence-electron chi connectivity index (χ2n) is 2.69. The molecule has 0 aromatic heterocycles. The second-order valence-corrected chi connectivity index (χ2v) is 2.69. The molecular weight excluding hydrogens is 138 g/mol. The predicted molar refractivity (Wildman–Crippen MR) is 44.5 cm³/mol. The third-order valence-electron chi connectivity index (χ3n) is 1.99. The lowest BCUT2D eigenvalue weighted by atomic mass is 10.0. The van der Waals surface area contributed by atoms with Crippen molar-refractivity contribution in [1.29, 1.82) is 0 Å². The molecule has 60 valence electrons. The van der Waals surface area contributed by atoms with Gasteiger partial charge in [0.05, 0.1) is 0 Å². The summed E-state index contributed by atoms with van der Waals surface area (Å²) in [7, 11) is 0. The molecule has 11 heavy (non-hydrogen) atoms. The number of hydrogen-bond donors (Lipinski definition) is 2. The van der Waals surface area contributed by atoms with E-state index in [2.05, 4.69) is 25.4 Å². The molecule has 0 spiro atoms. The minimum Gasteiger partial charge on any atom is -0.316 e. The quantitative estimate of drug-likeness (QED) is 0.631. The zero-order valence-electron chi connectivity index (χ0n) is 6.89. The molecule has 2 N–H and O–H groups in total. The van der Waals surface area contributed by atoms with Gasteiger partial charge in [0, 0.05) is 6.54 Å². The van der Waals surface area contributed by atoms with Gasteiger partial charge in [0.25, 0.3) is 0 Å². The van der Waals surface area contributed by atoms with Gasteiger partial charge in [0.2, 0.25) is 0 Å². The highest BCUT2D eigenvalue weighted by molar-refractivity contribution is 5.32. The molecule has 0 bridgehead atoms. The lowest BCUT2D eigenvalue weighted by molar-refractivity contribution is 0.161. The molecule has 0 radical (unpaired) electrons. The number of rotatable bonds is 2. The molecule has 0 aliphatic rings. The van der Waals surface area contributed by atoms with Crippen molar-refractivity contribution in [3.63, 3.8) is 0 Å². The minimum absolute atomic E-state index is 0.521. The third-order valence-corrected chi connectivity index (χ3v) is 1.99. The van der Waals surface area contributed by atoms with Crippen LogP contribution in [0.1, 0.15) is 16.7 Å². The molecule has 1 aromatic carbocycles. The molecule has 2 heteroatoms. The molecule has 0 fully saturated rings. The van der Waals surface area contributed by atoms with Crippen LogP contribution < -0.4 is 5.48 Å². The van der Waals surface area contributed by atoms with Crippen LogP contribution in [0.2, 0.25) is 0 Å². The van der Waals surface area contributed by atoms with Crippen LogP contribution in [0.5, 0.6) is 0 Å². The Morgan fingerprint density at radius 2 is 2.09 bits per heavy atom. The summed E-state index contributed by atoms with van der Waals surface area (Å²) in [5.74, 6) is 0. The summed E-state index contributed by atoms with van der Waals surface area (Å²) in [6, 6.07) is 6.07. The molecule has 0 saturated carbocycles. The van der Waals surface area contributed by atoms with E-state index in [0.717, 1.165) is 5.56 Å². The Morgan fingerprint density at radius 1 is 1.36 bits per heavy atom. The fraction of sp³-hybridized carbons (Fsp3) is 0.333. The summed E-state index contributed by atoms with van der Waals surface area (Å²) in [4.78, 5) is 0. The maximum atomic E-state index is 8.49. The highest BCUT2D eigenvalue weighted by Crippen LogP contribution is 2.11. The predicted octanol–water partition coefficient (Wildman–Crippen LogP) is 1.78. The molecule has 0 atom stereocenters. The van der Waals surface area contributed by atoms with Crippen molar-refractivity contribution in [2.75, 3.05) is 0 Å². The third kappa shape index (κ3) is 1.79. The topological polar surface area (TPSA) is 32.3 Å². The SMILES string of the molecule is Cc1cccc(CNO)c1C. The van der Waals surface area contributed by atoms with Crippen molar-refractivity contribution in [1.82, 2.24) is 5.48 Å². The Kier molecular flexibility index (Phi) is 2.63. The minimum atomic E-state index is 0.521. The molecule has 1 aromatic rings. The van der Waals surface area contributed by atoms with E-state index in [1.165, 1.54) is 11.1 Å². The first-order valence-electron chi connectivity index (χ1n) is 3.67. The van der Waals surface area contributed by atoms with Gasteiger partial charge in [-0.1, -0.05) is 18.2 Å². The Bertz CT molecular complexity index is 245. The van der Waals surface area contributed by atoms with E-state index in [-0.39, 0.29) is 0 Å². The van der Waals surface area contributed by atoms with Crippen LogP contribution in [0.3, 0.4) is 0 Å². The summed E-state index contributed by atoms with van der Waals surface area (Å²) in [5.41, 5.74) is 5.80. The number of nitrogens with one attached hydrogen (secondary N) is 1. The van der Waals surface area contributed by atoms with E-state index < -0.39 is 0 Å². The van der Waals surface area contributed by atoms with Crippen molar-refractivity contribution in [2.24, 2.45) is 0 Å². The van der Waals surface area contributed by atoms with E-state index in [0.29, 0.717) is 6.54 Å². The number of benzene rings is 1. The standard InChI is InChI=1S/C9H13NO/c1-7-4-3-5-9(6-10-11)8(7)2/h3-5,10-11H,6H2,1-2H3. The van der Waals surface area contributed by atoms with Crippen LogP contribution >= 0.6 is 0 Å². The van der Waals surface area contributed by atoms with Gasteiger partial charge >= 0.3 is 0 Å². The van der Waals surface area contributed by atoms with E-state index in [4.69, 9.17) is 5.21 Å². The van der Waals surface area contributed by atoms with Crippen LogP contribution in [-0.2, 0) is 6.54 Å². The molecule has 0 heterocycles. The smallest absolute Gasteiger partial charge is 0.0460 e. The molecule has 0 amide bonds. The van der Waals surface area contributed by atoms with Crippen LogP contribution in [0.25, 0.3) is 0 Å². The van der Waals surface area contributed by atoms with E-state index in [1.807, 2.05) is 12.1 Å². The van der Waals surface area contributed by atoms with Gasteiger partial charge in [0.15, 0.2) is 0 Å². The lowest BCUT2D eigenvalue weighted by Gasteiger charge is -2.06. The summed E-state index contributed by atoms with van der Waals surface area (Å²) >= 11 is 0. The maximum Gasteiger partial charge on any atom is 0.0460 e. The summed E-state index contributed by atoms with van der Waals surface area (Å²) < 4.78 is 0. The number of hydroxylamine groups is 1. The van der Waals surface area contributed by atoms with Gasteiger partial charge in [-0.25, -0.2) is 5.48 Å². The maximum absolute atomic E-state index is 8.49. The highest BCUT2D eigenvalue weighted by atomic mass is 16.5. The first kappa shape index (κ1) is 8.24. The normalized spacial score (nSPS) is 10.1. The number of hydrogen-bond acceptors (Lipinski definition) is 2. The first-order chi connectivity index (χ1) is 5.25. The Morgan fingerprint density at radius 3 is 2.73 bits per heavy atom. The summed E-state index contributed by atoms with van der Waals surface area (Å²) in [5, 5.41) is 8.49. The molecule has 0 aliphatic carbocycles. The first-order valence-corrected chi connectivity index (χ1v) is 3.67. The number of aryl methyl sites for hydroxylation is 1. The van der Waals surface area contributed by atoms with E-state index in [9.17, 15) is 0 Å². The second kappa shape index (κ2) is 3.51. The molecule has 0 saturated heterocycles. The van der Waals surface area contributed by atoms with Crippen molar-refractivity contribution in [3.05, 3.63) is 34.9 Å². The van der Waals surface area contributed by atoms with Crippen LogP contribution in [0, 0.1) is 13.8 Å². The zero-order chi connectivity index (χ0) is 8.27. The Labute approximate surface area is 66.8 Å². The van der Waals surface area contributed by atoms with Gasteiger partial charge in [-0.3, -0.25) is 0 Å². The van der Waals surface area contributed by atoms with Crippen molar-refractivity contribution in [2.45, 2.75) is 20.4 Å². The molecule has 2 nitrogen and oxygen atoms in total. The Balaban J connectivity index is 2.96. The average Bonchev–Trinajstić information content (AvgIpc) is 1.99. The fourth-order valence-corrected chi connectivity index (χ4v) is 1.09. The van der Waals surface area contributed by atoms with Crippen LogP contribution in [0.4, 0.5) is 0 Å². The van der Waals surface area contributed by atoms with Crippen molar-refractivity contribution >= 4 is 0 Å². The van der Waals surface area contributed by atoms with E-state index in [1.54, 1.807) is 0 Å². The Hall–Kier alpha value is -0.860. The zero-order valence-corrected chi connectivity index (χ0v) is 6.89. The van der Waals surface area contributed by atoms with Gasteiger partial charge < -0.3 is 5.21 Å². The lowest BCUT2D eigenvalue weighted by Crippen LogP contribution is -2.07. The molecule has 0 unspecified atom stereocenters. The molecular formula is C9H13NO. The summed E-state index contributed by atoms with van der Waals surface area (Å²) in [6.45, 7) is 4.64. The molecule has 0 aliphatic heterocycles. The fourth-order valence-electron chi connectivity index (χ4n) is 1.09. The largest absolute Gasteiger partial charge is 0.316 e. The average molecular weight is 151 g/mol.